The number of benzene rings is 1. The molecule has 1 aromatic carbocycles. The topological polar surface area (TPSA) is 18.5 Å². The van der Waals surface area contributed by atoms with E-state index in [2.05, 4.69) is 44.9 Å². The summed E-state index contributed by atoms with van der Waals surface area (Å²) in [4.78, 5) is 0.284. The summed E-state index contributed by atoms with van der Waals surface area (Å²) in [5.41, 5.74) is 2.56. The molecule has 20 heavy (non-hydrogen) atoms. The Morgan fingerprint density at radius 1 is 1.10 bits per heavy atom. The zero-order valence-electron chi connectivity index (χ0n) is 11.8. The molecular weight excluding hydrogens is 336 g/mol. The van der Waals surface area contributed by atoms with Crippen LogP contribution in [0.5, 0.6) is 11.5 Å². The molecule has 1 unspecified atom stereocenters. The predicted octanol–water partition coefficient (Wildman–Crippen LogP) is 5.22. The van der Waals surface area contributed by atoms with Crippen molar-refractivity contribution in [1.82, 2.24) is 0 Å². The second-order valence-electron chi connectivity index (χ2n) is 4.38. The molecule has 0 fully saturated rings. The van der Waals surface area contributed by atoms with Gasteiger partial charge in [-0.15, -0.1) is 0 Å². The maximum atomic E-state index is 5.67. The minimum Gasteiger partial charge on any atom is -0.490 e. The van der Waals surface area contributed by atoms with Gasteiger partial charge in [0.05, 0.1) is 13.2 Å². The summed E-state index contributed by atoms with van der Waals surface area (Å²) < 4.78 is 11.3. The molecular formula is C16H19BrO2S. The maximum absolute atomic E-state index is 5.67. The van der Waals surface area contributed by atoms with Crippen molar-refractivity contribution in [2.75, 3.05) is 13.2 Å². The van der Waals surface area contributed by atoms with Crippen molar-refractivity contribution in [2.24, 2.45) is 0 Å². The average molecular weight is 355 g/mol. The highest BCUT2D eigenvalue weighted by Crippen LogP contribution is 2.35. The smallest absolute Gasteiger partial charge is 0.161 e. The van der Waals surface area contributed by atoms with Crippen LogP contribution in [0.2, 0.25) is 0 Å². The van der Waals surface area contributed by atoms with Crippen LogP contribution in [0.3, 0.4) is 0 Å². The Kier molecular flexibility index (Phi) is 5.92. The van der Waals surface area contributed by atoms with Crippen LogP contribution in [0.15, 0.2) is 35.0 Å². The highest BCUT2D eigenvalue weighted by atomic mass is 79.9. The maximum Gasteiger partial charge on any atom is 0.161 e. The number of ether oxygens (including phenoxy) is 2. The first-order valence-electron chi connectivity index (χ1n) is 6.79. The van der Waals surface area contributed by atoms with Gasteiger partial charge in [0.2, 0.25) is 0 Å². The lowest BCUT2D eigenvalue weighted by molar-refractivity contribution is 0.287. The zero-order chi connectivity index (χ0) is 14.4. The average Bonchev–Trinajstić information content (AvgIpc) is 2.94. The summed E-state index contributed by atoms with van der Waals surface area (Å²) in [7, 11) is 0. The van der Waals surface area contributed by atoms with E-state index in [1.807, 2.05) is 19.9 Å². The Labute approximate surface area is 132 Å². The van der Waals surface area contributed by atoms with E-state index >= 15 is 0 Å². The van der Waals surface area contributed by atoms with Gasteiger partial charge in [0.1, 0.15) is 0 Å². The van der Waals surface area contributed by atoms with E-state index in [9.17, 15) is 0 Å². The molecule has 1 atom stereocenters. The van der Waals surface area contributed by atoms with Crippen molar-refractivity contribution in [3.8, 4) is 11.5 Å². The largest absolute Gasteiger partial charge is 0.490 e. The minimum atomic E-state index is 0.284. The molecule has 1 aromatic heterocycles. The van der Waals surface area contributed by atoms with E-state index in [0.717, 1.165) is 17.9 Å². The molecule has 108 valence electrons. The van der Waals surface area contributed by atoms with Crippen LogP contribution in [0.1, 0.15) is 29.8 Å². The third-order valence-electron chi connectivity index (χ3n) is 2.92. The molecule has 0 radical (unpaired) electrons. The SMILES string of the molecule is CCOc1ccc(C(Br)Cc2ccsc2)cc1OCC. The summed E-state index contributed by atoms with van der Waals surface area (Å²) in [6.45, 7) is 5.25. The van der Waals surface area contributed by atoms with Crippen LogP contribution in [-0.4, -0.2) is 13.2 Å². The molecule has 0 spiro atoms. The Morgan fingerprint density at radius 3 is 2.50 bits per heavy atom. The molecule has 0 saturated carbocycles. The van der Waals surface area contributed by atoms with Gasteiger partial charge < -0.3 is 9.47 Å². The van der Waals surface area contributed by atoms with Gasteiger partial charge >= 0.3 is 0 Å². The molecule has 0 saturated heterocycles. The molecule has 0 aliphatic rings. The Hall–Kier alpha value is -1.00. The van der Waals surface area contributed by atoms with Crippen LogP contribution in [0.4, 0.5) is 0 Å². The molecule has 0 N–H and O–H groups in total. The molecule has 4 heteroatoms. The lowest BCUT2D eigenvalue weighted by Gasteiger charge is -2.15. The number of hydrogen-bond acceptors (Lipinski definition) is 3. The van der Waals surface area contributed by atoms with E-state index in [-0.39, 0.29) is 4.83 Å². The quantitative estimate of drug-likeness (QED) is 0.634. The van der Waals surface area contributed by atoms with Crippen molar-refractivity contribution >= 4 is 27.3 Å². The molecule has 1 heterocycles. The van der Waals surface area contributed by atoms with Crippen LogP contribution in [0.25, 0.3) is 0 Å². The predicted molar refractivity (Wildman–Crippen MR) is 88.5 cm³/mol. The fourth-order valence-electron chi connectivity index (χ4n) is 2.00. The summed E-state index contributed by atoms with van der Waals surface area (Å²) in [6.07, 6.45) is 0.975. The highest BCUT2D eigenvalue weighted by Gasteiger charge is 2.13. The van der Waals surface area contributed by atoms with Crippen LogP contribution in [0, 0.1) is 0 Å². The highest BCUT2D eigenvalue weighted by molar-refractivity contribution is 9.09. The minimum absolute atomic E-state index is 0.284. The second kappa shape index (κ2) is 7.70. The van der Waals surface area contributed by atoms with Crippen LogP contribution >= 0.6 is 27.3 Å². The van der Waals surface area contributed by atoms with E-state index in [1.54, 1.807) is 11.3 Å². The third-order valence-corrected chi connectivity index (χ3v) is 4.51. The lowest BCUT2D eigenvalue weighted by atomic mass is 10.1. The summed E-state index contributed by atoms with van der Waals surface area (Å²) in [5.74, 6) is 1.63. The Morgan fingerprint density at radius 2 is 1.85 bits per heavy atom. The standard InChI is InChI=1S/C16H19BrO2S/c1-3-18-15-6-5-13(10-16(15)19-4-2)14(17)9-12-7-8-20-11-12/h5-8,10-11,14H,3-4,9H2,1-2H3. The van der Waals surface area contributed by atoms with Crippen LogP contribution in [-0.2, 0) is 6.42 Å². The summed E-state index contributed by atoms with van der Waals surface area (Å²) in [5, 5.41) is 4.30. The molecule has 2 aromatic rings. The fraction of sp³-hybridized carbons (Fsp3) is 0.375. The molecule has 0 amide bonds. The number of rotatable bonds is 7. The molecule has 2 rings (SSSR count). The summed E-state index contributed by atoms with van der Waals surface area (Å²) in [6, 6.07) is 8.32. The van der Waals surface area contributed by atoms with Crippen molar-refractivity contribution in [3.63, 3.8) is 0 Å². The van der Waals surface area contributed by atoms with Gasteiger partial charge in [-0.1, -0.05) is 22.0 Å². The molecule has 0 aliphatic carbocycles. The van der Waals surface area contributed by atoms with Crippen LogP contribution < -0.4 is 9.47 Å². The van der Waals surface area contributed by atoms with Crippen molar-refractivity contribution < 1.29 is 9.47 Å². The molecule has 0 aliphatic heterocycles. The normalized spacial score (nSPS) is 12.2. The first-order chi connectivity index (χ1) is 9.74. The van der Waals surface area contributed by atoms with Gasteiger partial charge in [-0.05, 0) is 60.4 Å². The van der Waals surface area contributed by atoms with E-state index in [0.29, 0.717) is 13.2 Å². The Bertz CT molecular complexity index is 525. The zero-order valence-corrected chi connectivity index (χ0v) is 14.2. The van der Waals surface area contributed by atoms with Crippen molar-refractivity contribution in [1.29, 1.82) is 0 Å². The van der Waals surface area contributed by atoms with Crippen molar-refractivity contribution in [2.45, 2.75) is 25.1 Å². The van der Waals surface area contributed by atoms with E-state index in [4.69, 9.17) is 9.47 Å². The second-order valence-corrected chi connectivity index (χ2v) is 6.26. The molecule has 0 bridgehead atoms. The van der Waals surface area contributed by atoms with Gasteiger partial charge in [0, 0.05) is 4.83 Å². The van der Waals surface area contributed by atoms with Gasteiger partial charge in [-0.2, -0.15) is 11.3 Å². The lowest BCUT2D eigenvalue weighted by Crippen LogP contribution is -2.01. The number of halogens is 1. The summed E-state index contributed by atoms with van der Waals surface area (Å²) >= 11 is 5.50. The first kappa shape index (κ1) is 15.4. The van der Waals surface area contributed by atoms with E-state index in [1.165, 1.54) is 11.1 Å². The third kappa shape index (κ3) is 4.00. The van der Waals surface area contributed by atoms with Gasteiger partial charge in [-0.25, -0.2) is 0 Å². The molecule has 2 nitrogen and oxygen atoms in total. The van der Waals surface area contributed by atoms with E-state index < -0.39 is 0 Å². The van der Waals surface area contributed by atoms with Gasteiger partial charge in [0.15, 0.2) is 11.5 Å². The first-order valence-corrected chi connectivity index (χ1v) is 8.65. The number of thiophene rings is 1. The Balaban J connectivity index is 2.16. The fourth-order valence-corrected chi connectivity index (χ4v) is 3.34. The number of hydrogen-bond donors (Lipinski definition) is 0. The number of alkyl halides is 1. The van der Waals surface area contributed by atoms with Gasteiger partial charge in [-0.3, -0.25) is 0 Å². The van der Waals surface area contributed by atoms with Gasteiger partial charge in [0.25, 0.3) is 0 Å². The van der Waals surface area contributed by atoms with Crippen molar-refractivity contribution in [3.05, 3.63) is 46.2 Å². The monoisotopic (exact) mass is 354 g/mol.